The summed E-state index contributed by atoms with van der Waals surface area (Å²) in [7, 11) is -2.24. The molecular weight excluding hydrogens is 456 g/mol. The smallest absolute Gasteiger partial charge is 0.265 e. The number of amides is 1. The fraction of sp³-hybridized carbons (Fsp3) is 0.240. The summed E-state index contributed by atoms with van der Waals surface area (Å²) in [6.07, 6.45) is -0.279. The summed E-state index contributed by atoms with van der Waals surface area (Å²) >= 11 is 0. The van der Waals surface area contributed by atoms with Gasteiger partial charge >= 0.3 is 0 Å². The standard InChI is InChI=1S/C25H28N2O6S/c1-4-24(33-22-8-6-7-21(17-22)31-3)25(28)26-18-11-15-23(16-12-18)34(29,30)27-19-9-13-20(14-10-19)32-5-2/h6-17,24,27H,4-5H2,1-3H3,(H,26,28). The minimum atomic E-state index is -3.79. The van der Waals surface area contributed by atoms with Crippen molar-refractivity contribution in [1.29, 1.82) is 0 Å². The molecule has 0 bridgehead atoms. The van der Waals surface area contributed by atoms with Crippen LogP contribution in [0.3, 0.4) is 0 Å². The van der Waals surface area contributed by atoms with Crippen molar-refractivity contribution in [3.8, 4) is 17.2 Å². The van der Waals surface area contributed by atoms with Gasteiger partial charge in [0.2, 0.25) is 0 Å². The molecule has 8 nitrogen and oxygen atoms in total. The first-order valence-corrected chi connectivity index (χ1v) is 12.3. The van der Waals surface area contributed by atoms with Crippen molar-refractivity contribution in [3.05, 3.63) is 72.8 Å². The Morgan fingerprint density at radius 3 is 2.15 bits per heavy atom. The molecule has 0 aliphatic rings. The van der Waals surface area contributed by atoms with Gasteiger partial charge < -0.3 is 19.5 Å². The van der Waals surface area contributed by atoms with E-state index < -0.39 is 16.1 Å². The van der Waals surface area contributed by atoms with E-state index in [9.17, 15) is 13.2 Å². The number of hydrogen-bond acceptors (Lipinski definition) is 6. The van der Waals surface area contributed by atoms with Gasteiger partial charge in [0.1, 0.15) is 17.2 Å². The van der Waals surface area contributed by atoms with E-state index in [1.807, 2.05) is 13.8 Å². The second-order valence-electron chi connectivity index (χ2n) is 7.27. The van der Waals surface area contributed by atoms with Crippen molar-refractivity contribution in [1.82, 2.24) is 0 Å². The highest BCUT2D eigenvalue weighted by molar-refractivity contribution is 7.92. The Bertz CT molecular complexity index is 1190. The van der Waals surface area contributed by atoms with E-state index in [0.717, 1.165) is 0 Å². The molecule has 3 aromatic rings. The zero-order chi connectivity index (χ0) is 24.6. The maximum Gasteiger partial charge on any atom is 0.265 e. The van der Waals surface area contributed by atoms with Crippen LogP contribution in [-0.2, 0) is 14.8 Å². The highest BCUT2D eigenvalue weighted by Gasteiger charge is 2.20. The van der Waals surface area contributed by atoms with Crippen LogP contribution < -0.4 is 24.2 Å². The second-order valence-corrected chi connectivity index (χ2v) is 8.95. The number of methoxy groups -OCH3 is 1. The van der Waals surface area contributed by atoms with Crippen molar-refractivity contribution >= 4 is 27.3 Å². The molecule has 0 aromatic heterocycles. The molecule has 2 N–H and O–H groups in total. The zero-order valence-corrected chi connectivity index (χ0v) is 20.1. The quantitative estimate of drug-likeness (QED) is 0.409. The number of sulfonamides is 1. The van der Waals surface area contributed by atoms with Crippen LogP contribution in [0.15, 0.2) is 77.7 Å². The van der Waals surface area contributed by atoms with Gasteiger partial charge in [-0.15, -0.1) is 0 Å². The van der Waals surface area contributed by atoms with Gasteiger partial charge in [0, 0.05) is 17.4 Å². The first-order chi connectivity index (χ1) is 16.3. The zero-order valence-electron chi connectivity index (χ0n) is 19.3. The minimum Gasteiger partial charge on any atom is -0.497 e. The molecule has 9 heteroatoms. The van der Waals surface area contributed by atoms with Crippen LogP contribution >= 0.6 is 0 Å². The van der Waals surface area contributed by atoms with E-state index in [4.69, 9.17) is 14.2 Å². The van der Waals surface area contributed by atoms with Gasteiger partial charge in [0.15, 0.2) is 6.10 Å². The SMILES string of the molecule is CCOc1ccc(NS(=O)(=O)c2ccc(NC(=O)C(CC)Oc3cccc(OC)c3)cc2)cc1. The van der Waals surface area contributed by atoms with Crippen molar-refractivity contribution in [2.75, 3.05) is 23.8 Å². The van der Waals surface area contributed by atoms with Crippen molar-refractivity contribution in [2.24, 2.45) is 0 Å². The van der Waals surface area contributed by atoms with E-state index in [1.54, 1.807) is 55.6 Å². The van der Waals surface area contributed by atoms with E-state index in [1.165, 1.54) is 24.3 Å². The van der Waals surface area contributed by atoms with Gasteiger partial charge in [-0.25, -0.2) is 8.42 Å². The molecular formula is C25H28N2O6S. The summed E-state index contributed by atoms with van der Waals surface area (Å²) < 4.78 is 44.3. The fourth-order valence-corrected chi connectivity index (χ4v) is 4.16. The first kappa shape index (κ1) is 24.9. The van der Waals surface area contributed by atoms with Crippen LogP contribution in [0.2, 0.25) is 0 Å². The topological polar surface area (TPSA) is 103 Å². The number of benzene rings is 3. The van der Waals surface area contributed by atoms with E-state index in [2.05, 4.69) is 10.0 Å². The lowest BCUT2D eigenvalue weighted by molar-refractivity contribution is -0.122. The molecule has 0 spiro atoms. The second kappa shape index (κ2) is 11.4. The number of nitrogens with one attached hydrogen (secondary N) is 2. The van der Waals surface area contributed by atoms with Crippen LogP contribution in [0.4, 0.5) is 11.4 Å². The predicted molar refractivity (Wildman–Crippen MR) is 131 cm³/mol. The third-order valence-electron chi connectivity index (χ3n) is 4.83. The van der Waals surface area contributed by atoms with Gasteiger partial charge in [0.05, 0.1) is 18.6 Å². The summed E-state index contributed by atoms with van der Waals surface area (Å²) in [4.78, 5) is 12.8. The van der Waals surface area contributed by atoms with Gasteiger partial charge in [-0.3, -0.25) is 9.52 Å². The number of anilines is 2. The highest BCUT2D eigenvalue weighted by Crippen LogP contribution is 2.23. The maximum atomic E-state index is 12.7. The Morgan fingerprint density at radius 1 is 0.882 bits per heavy atom. The lowest BCUT2D eigenvalue weighted by Crippen LogP contribution is -2.32. The normalized spacial score (nSPS) is 11.9. The fourth-order valence-electron chi connectivity index (χ4n) is 3.10. The van der Waals surface area contributed by atoms with Crippen LogP contribution in [0.25, 0.3) is 0 Å². The minimum absolute atomic E-state index is 0.0686. The molecule has 0 heterocycles. The number of hydrogen-bond donors (Lipinski definition) is 2. The summed E-state index contributed by atoms with van der Waals surface area (Å²) in [5, 5.41) is 2.76. The van der Waals surface area contributed by atoms with Gasteiger partial charge in [-0.05, 0) is 74.0 Å². The van der Waals surface area contributed by atoms with E-state index in [0.29, 0.717) is 41.7 Å². The van der Waals surface area contributed by atoms with Crippen LogP contribution in [0.1, 0.15) is 20.3 Å². The Hall–Kier alpha value is -3.72. The lowest BCUT2D eigenvalue weighted by atomic mass is 10.2. The summed E-state index contributed by atoms with van der Waals surface area (Å²) in [5.74, 6) is 1.46. The molecule has 180 valence electrons. The first-order valence-electron chi connectivity index (χ1n) is 10.8. The molecule has 0 radical (unpaired) electrons. The Morgan fingerprint density at radius 2 is 1.53 bits per heavy atom. The molecule has 1 atom stereocenters. The third-order valence-corrected chi connectivity index (χ3v) is 6.23. The van der Waals surface area contributed by atoms with E-state index in [-0.39, 0.29) is 10.8 Å². The van der Waals surface area contributed by atoms with Crippen molar-refractivity contribution in [2.45, 2.75) is 31.3 Å². The molecule has 3 aromatic carbocycles. The van der Waals surface area contributed by atoms with Crippen molar-refractivity contribution < 1.29 is 27.4 Å². The van der Waals surface area contributed by atoms with Crippen LogP contribution in [0, 0.1) is 0 Å². The Balaban J connectivity index is 1.63. The number of carbonyl (C=O) groups excluding carboxylic acids is 1. The Labute approximate surface area is 199 Å². The molecule has 1 amide bonds. The Kier molecular flexibility index (Phi) is 8.37. The molecule has 34 heavy (non-hydrogen) atoms. The van der Waals surface area contributed by atoms with Crippen LogP contribution in [0.5, 0.6) is 17.2 Å². The molecule has 0 aliphatic carbocycles. The third kappa shape index (κ3) is 6.64. The molecule has 0 aliphatic heterocycles. The number of carbonyl (C=O) groups is 1. The molecule has 0 fully saturated rings. The monoisotopic (exact) mass is 484 g/mol. The largest absolute Gasteiger partial charge is 0.497 e. The maximum absolute atomic E-state index is 12.7. The van der Waals surface area contributed by atoms with Gasteiger partial charge in [0.25, 0.3) is 15.9 Å². The lowest BCUT2D eigenvalue weighted by Gasteiger charge is -2.18. The summed E-state index contributed by atoms with van der Waals surface area (Å²) in [6, 6.07) is 19.6. The molecule has 0 saturated heterocycles. The molecule has 3 rings (SSSR count). The number of rotatable bonds is 11. The number of ether oxygens (including phenoxy) is 3. The predicted octanol–water partition coefficient (Wildman–Crippen LogP) is 4.69. The van der Waals surface area contributed by atoms with Gasteiger partial charge in [-0.2, -0.15) is 0 Å². The highest BCUT2D eigenvalue weighted by atomic mass is 32.2. The summed E-state index contributed by atoms with van der Waals surface area (Å²) in [6.45, 7) is 4.24. The molecule has 0 saturated carbocycles. The average Bonchev–Trinajstić information content (AvgIpc) is 2.84. The average molecular weight is 485 g/mol. The van der Waals surface area contributed by atoms with Crippen LogP contribution in [-0.4, -0.2) is 34.1 Å². The molecule has 1 unspecified atom stereocenters. The van der Waals surface area contributed by atoms with Gasteiger partial charge in [-0.1, -0.05) is 13.0 Å². The van der Waals surface area contributed by atoms with Crippen molar-refractivity contribution in [3.63, 3.8) is 0 Å². The van der Waals surface area contributed by atoms with E-state index >= 15 is 0 Å². The summed E-state index contributed by atoms with van der Waals surface area (Å²) in [5.41, 5.74) is 0.874.